The molecular formula is C18H14O2. The largest absolute Gasteiger partial charge is 0.456 e. The standard InChI is InChI=1S/C18H14O2/c1-12(2)18-16(14-10-6-7-11-15(14)20-18)17(19)13-8-4-3-5-9-13/h3-11H,1H2,2H3/i1D2. The second-order valence-corrected chi connectivity index (χ2v) is 4.62. The molecule has 2 nitrogen and oxygen atoms in total. The Hall–Kier alpha value is -2.61. The fraction of sp³-hybridized carbons (Fsp3) is 0.0556. The molecular weight excluding hydrogens is 248 g/mol. The fourth-order valence-corrected chi connectivity index (χ4v) is 2.27. The monoisotopic (exact) mass is 264 g/mol. The van der Waals surface area contributed by atoms with Crippen LogP contribution in [0.15, 0.2) is 65.5 Å². The number of para-hydroxylation sites is 1. The molecule has 98 valence electrons. The lowest BCUT2D eigenvalue weighted by molar-refractivity contribution is 0.103. The van der Waals surface area contributed by atoms with E-state index < -0.39 is 0 Å². The number of rotatable bonds is 3. The van der Waals surface area contributed by atoms with E-state index in [9.17, 15) is 4.79 Å². The SMILES string of the molecule is [2H]C([2H])=C(C)c1oc2ccccc2c1C(=O)c1ccccc1. The number of furan rings is 1. The van der Waals surface area contributed by atoms with Crippen LogP contribution in [0.4, 0.5) is 0 Å². The summed E-state index contributed by atoms with van der Waals surface area (Å²) in [4.78, 5) is 12.9. The van der Waals surface area contributed by atoms with Crippen LogP contribution >= 0.6 is 0 Å². The van der Waals surface area contributed by atoms with E-state index in [1.165, 1.54) is 0 Å². The fourth-order valence-electron chi connectivity index (χ4n) is 2.27. The molecule has 0 N–H and O–H groups in total. The summed E-state index contributed by atoms with van der Waals surface area (Å²) in [6.07, 6.45) is 0. The Morgan fingerprint density at radius 1 is 1.10 bits per heavy atom. The quantitative estimate of drug-likeness (QED) is 0.642. The average Bonchev–Trinajstić information content (AvgIpc) is 2.93. The normalized spacial score (nSPS) is 11.8. The molecule has 0 spiro atoms. The molecule has 3 rings (SSSR count). The van der Waals surface area contributed by atoms with Gasteiger partial charge in [-0.15, -0.1) is 0 Å². The zero-order valence-corrected chi connectivity index (χ0v) is 11.0. The van der Waals surface area contributed by atoms with Gasteiger partial charge in [-0.25, -0.2) is 0 Å². The molecule has 0 bridgehead atoms. The maximum atomic E-state index is 12.9. The molecule has 3 aromatic rings. The third kappa shape index (κ3) is 1.95. The van der Waals surface area contributed by atoms with Crippen molar-refractivity contribution in [2.24, 2.45) is 0 Å². The number of fused-ring (bicyclic) bond motifs is 1. The van der Waals surface area contributed by atoms with Crippen molar-refractivity contribution in [1.29, 1.82) is 0 Å². The lowest BCUT2D eigenvalue weighted by Crippen LogP contribution is -2.02. The van der Waals surface area contributed by atoms with Crippen LogP contribution in [0.2, 0.25) is 0 Å². The van der Waals surface area contributed by atoms with Crippen LogP contribution < -0.4 is 0 Å². The van der Waals surface area contributed by atoms with E-state index in [0.717, 1.165) is 0 Å². The van der Waals surface area contributed by atoms with Gasteiger partial charge in [0.1, 0.15) is 11.3 Å². The summed E-state index contributed by atoms with van der Waals surface area (Å²) in [5, 5.41) is 0.701. The maximum Gasteiger partial charge on any atom is 0.197 e. The predicted molar refractivity (Wildman–Crippen MR) is 80.8 cm³/mol. The highest BCUT2D eigenvalue weighted by molar-refractivity contribution is 6.18. The molecule has 0 aliphatic carbocycles. The van der Waals surface area contributed by atoms with Crippen molar-refractivity contribution < 1.29 is 12.0 Å². The highest BCUT2D eigenvalue weighted by Crippen LogP contribution is 2.31. The predicted octanol–water partition coefficient (Wildman–Crippen LogP) is 4.70. The van der Waals surface area contributed by atoms with Crippen LogP contribution in [0.3, 0.4) is 0 Å². The molecule has 0 fully saturated rings. The van der Waals surface area contributed by atoms with Gasteiger partial charge in [-0.3, -0.25) is 4.79 Å². The van der Waals surface area contributed by atoms with Crippen LogP contribution in [0.1, 0.15) is 31.3 Å². The van der Waals surface area contributed by atoms with Crippen molar-refractivity contribution in [3.05, 3.63) is 78.0 Å². The van der Waals surface area contributed by atoms with E-state index in [1.54, 1.807) is 37.3 Å². The molecule has 20 heavy (non-hydrogen) atoms. The van der Waals surface area contributed by atoms with Gasteiger partial charge in [0, 0.05) is 10.9 Å². The first kappa shape index (κ1) is 10.2. The zero-order chi connectivity index (χ0) is 15.7. The summed E-state index contributed by atoms with van der Waals surface area (Å²) >= 11 is 0. The first-order valence-corrected chi connectivity index (χ1v) is 6.35. The second kappa shape index (κ2) is 4.82. The first-order chi connectivity index (χ1) is 10.6. The molecule has 1 aromatic heterocycles. The van der Waals surface area contributed by atoms with Crippen molar-refractivity contribution in [2.45, 2.75) is 6.92 Å². The van der Waals surface area contributed by atoms with Crippen LogP contribution in [-0.2, 0) is 0 Å². The third-order valence-electron chi connectivity index (χ3n) is 3.20. The minimum Gasteiger partial charge on any atom is -0.456 e. The third-order valence-corrected chi connectivity index (χ3v) is 3.20. The van der Waals surface area contributed by atoms with Crippen LogP contribution in [0.5, 0.6) is 0 Å². The molecule has 0 aliphatic rings. The van der Waals surface area contributed by atoms with Gasteiger partial charge in [-0.05, 0) is 18.6 Å². The van der Waals surface area contributed by atoms with Gasteiger partial charge >= 0.3 is 0 Å². The van der Waals surface area contributed by atoms with Crippen LogP contribution in [-0.4, -0.2) is 5.78 Å². The molecule has 0 amide bonds. The summed E-state index contributed by atoms with van der Waals surface area (Å²) in [6.45, 7) is 1.26. The number of carbonyl (C=O) groups excluding carboxylic acids is 1. The Morgan fingerprint density at radius 3 is 2.55 bits per heavy atom. The molecule has 2 aromatic carbocycles. The van der Waals surface area contributed by atoms with Crippen molar-refractivity contribution in [1.82, 2.24) is 0 Å². The van der Waals surface area contributed by atoms with Gasteiger partial charge in [0.2, 0.25) is 0 Å². The molecule has 0 saturated carbocycles. The van der Waals surface area contributed by atoms with Gasteiger partial charge in [0.25, 0.3) is 0 Å². The summed E-state index contributed by atoms with van der Waals surface area (Å²) in [5.74, 6) is 0.135. The molecule has 0 radical (unpaired) electrons. The van der Waals surface area contributed by atoms with Gasteiger partial charge in [0.15, 0.2) is 5.78 Å². The van der Waals surface area contributed by atoms with E-state index in [1.807, 2.05) is 24.3 Å². The molecule has 0 unspecified atom stereocenters. The number of hydrogen-bond donors (Lipinski definition) is 0. The van der Waals surface area contributed by atoms with Gasteiger partial charge in [0.05, 0.1) is 8.30 Å². The van der Waals surface area contributed by atoms with E-state index in [-0.39, 0.29) is 12.3 Å². The van der Waals surface area contributed by atoms with Gasteiger partial charge in [-0.2, -0.15) is 0 Å². The molecule has 0 saturated heterocycles. The number of carbonyl (C=O) groups is 1. The summed E-state index contributed by atoms with van der Waals surface area (Å²) in [5.41, 5.74) is 1.89. The zero-order valence-electron chi connectivity index (χ0n) is 13.0. The smallest absolute Gasteiger partial charge is 0.197 e. The Morgan fingerprint density at radius 2 is 1.80 bits per heavy atom. The van der Waals surface area contributed by atoms with Gasteiger partial charge < -0.3 is 4.42 Å². The average molecular weight is 264 g/mol. The Labute approximate surface area is 120 Å². The highest BCUT2D eigenvalue weighted by atomic mass is 16.3. The summed E-state index contributed by atoms with van der Waals surface area (Å²) < 4.78 is 20.8. The van der Waals surface area contributed by atoms with Crippen LogP contribution in [0, 0.1) is 0 Å². The number of allylic oxidation sites excluding steroid dienone is 1. The first-order valence-electron chi connectivity index (χ1n) is 7.35. The Balaban J connectivity index is 2.29. The lowest BCUT2D eigenvalue weighted by atomic mass is 9.98. The van der Waals surface area contributed by atoms with Crippen molar-refractivity contribution >= 4 is 22.3 Å². The molecule has 1 heterocycles. The Bertz CT molecular complexity index is 872. The summed E-state index contributed by atoms with van der Waals surface area (Å²) in [7, 11) is 0. The summed E-state index contributed by atoms with van der Waals surface area (Å²) in [6, 6.07) is 16.2. The van der Waals surface area contributed by atoms with Crippen molar-refractivity contribution in [3.63, 3.8) is 0 Å². The van der Waals surface area contributed by atoms with Crippen molar-refractivity contribution in [3.8, 4) is 0 Å². The minimum atomic E-state index is -0.360. The second-order valence-electron chi connectivity index (χ2n) is 4.62. The van der Waals surface area contributed by atoms with E-state index in [0.29, 0.717) is 33.4 Å². The van der Waals surface area contributed by atoms with Gasteiger partial charge in [-0.1, -0.05) is 55.1 Å². The maximum absolute atomic E-state index is 12.9. The number of hydrogen-bond acceptors (Lipinski definition) is 2. The van der Waals surface area contributed by atoms with Crippen molar-refractivity contribution in [2.75, 3.05) is 0 Å². The molecule has 2 heteroatoms. The van der Waals surface area contributed by atoms with E-state index >= 15 is 0 Å². The Kier molecular flexibility index (Phi) is 2.46. The number of ketones is 1. The highest BCUT2D eigenvalue weighted by Gasteiger charge is 2.21. The molecule has 0 atom stereocenters. The van der Waals surface area contributed by atoms with E-state index in [2.05, 4.69) is 0 Å². The topological polar surface area (TPSA) is 30.2 Å². The number of benzene rings is 2. The minimum absolute atomic E-state index is 0.166. The lowest BCUT2D eigenvalue weighted by Gasteiger charge is -2.02. The van der Waals surface area contributed by atoms with Crippen LogP contribution in [0.25, 0.3) is 16.5 Å². The van der Waals surface area contributed by atoms with E-state index in [4.69, 9.17) is 7.16 Å². The molecule has 0 aliphatic heterocycles.